The lowest BCUT2D eigenvalue weighted by atomic mass is 10.2. The lowest BCUT2D eigenvalue weighted by molar-refractivity contribution is 0.211. The first-order valence-electron chi connectivity index (χ1n) is 8.30. The Balaban J connectivity index is 1.50. The second-order valence-corrected chi connectivity index (χ2v) is 5.89. The lowest BCUT2D eigenvalue weighted by Crippen LogP contribution is -2.30. The van der Waals surface area contributed by atoms with Crippen molar-refractivity contribution < 1.29 is 14.1 Å². The molecule has 1 heterocycles. The zero-order chi connectivity index (χ0) is 16.8. The second kappa shape index (κ2) is 7.81. The van der Waals surface area contributed by atoms with Crippen LogP contribution in [0.1, 0.15) is 37.4 Å². The Morgan fingerprint density at radius 3 is 2.88 bits per heavy atom. The van der Waals surface area contributed by atoms with Crippen molar-refractivity contribution in [1.29, 1.82) is 0 Å². The molecular formula is C17H22N4O3. The molecule has 2 aromatic rings. The van der Waals surface area contributed by atoms with Crippen molar-refractivity contribution >= 4 is 11.7 Å². The van der Waals surface area contributed by atoms with Crippen LogP contribution in [0.15, 0.2) is 28.8 Å². The molecule has 0 atom stereocenters. The van der Waals surface area contributed by atoms with Crippen LogP contribution in [0.3, 0.4) is 0 Å². The van der Waals surface area contributed by atoms with Crippen LogP contribution in [-0.4, -0.2) is 28.8 Å². The van der Waals surface area contributed by atoms with Crippen LogP contribution in [-0.2, 0) is 6.42 Å². The average molecular weight is 330 g/mol. The van der Waals surface area contributed by atoms with E-state index in [9.17, 15) is 4.79 Å². The van der Waals surface area contributed by atoms with E-state index in [-0.39, 0.29) is 12.1 Å². The number of nitrogens with zero attached hydrogens (tertiary/aromatic N) is 2. The third-order valence-corrected chi connectivity index (χ3v) is 3.93. The number of hydrogen-bond acceptors (Lipinski definition) is 5. The number of amides is 2. The first-order valence-corrected chi connectivity index (χ1v) is 8.30. The molecule has 0 aliphatic heterocycles. The van der Waals surface area contributed by atoms with Crippen LogP contribution < -0.4 is 15.4 Å². The predicted octanol–water partition coefficient (Wildman–Crippen LogP) is 3.06. The monoisotopic (exact) mass is 330 g/mol. The van der Waals surface area contributed by atoms with Gasteiger partial charge in [-0.25, -0.2) is 4.79 Å². The molecule has 0 unspecified atom stereocenters. The fourth-order valence-electron chi connectivity index (χ4n) is 2.75. The summed E-state index contributed by atoms with van der Waals surface area (Å²) in [5, 5.41) is 9.32. The van der Waals surface area contributed by atoms with Crippen molar-refractivity contribution in [3.63, 3.8) is 0 Å². The van der Waals surface area contributed by atoms with E-state index in [1.165, 1.54) is 12.8 Å². The van der Waals surface area contributed by atoms with E-state index in [4.69, 9.17) is 9.26 Å². The zero-order valence-corrected chi connectivity index (χ0v) is 13.7. The van der Waals surface area contributed by atoms with Crippen molar-refractivity contribution in [3.05, 3.63) is 36.0 Å². The van der Waals surface area contributed by atoms with E-state index in [0.717, 1.165) is 12.8 Å². The molecule has 0 spiro atoms. The second-order valence-electron chi connectivity index (χ2n) is 5.89. The molecule has 128 valence electrons. The number of para-hydroxylation sites is 2. The highest BCUT2D eigenvalue weighted by atomic mass is 16.5. The third kappa shape index (κ3) is 4.47. The average Bonchev–Trinajstić information content (AvgIpc) is 3.21. The van der Waals surface area contributed by atoms with Gasteiger partial charge in [0.2, 0.25) is 5.89 Å². The highest BCUT2D eigenvalue weighted by Gasteiger charge is 2.18. The lowest BCUT2D eigenvalue weighted by Gasteiger charge is -2.17. The molecule has 24 heavy (non-hydrogen) atoms. The number of aryl methyl sites for hydroxylation is 1. The normalized spacial score (nSPS) is 14.5. The highest BCUT2D eigenvalue weighted by Crippen LogP contribution is 2.29. The summed E-state index contributed by atoms with van der Waals surface area (Å²) >= 11 is 0. The van der Waals surface area contributed by atoms with Crippen LogP contribution in [0.4, 0.5) is 10.5 Å². The van der Waals surface area contributed by atoms with Gasteiger partial charge in [-0.2, -0.15) is 4.98 Å². The van der Waals surface area contributed by atoms with Gasteiger partial charge in [-0.15, -0.1) is 0 Å². The van der Waals surface area contributed by atoms with E-state index < -0.39 is 0 Å². The molecule has 2 N–H and O–H groups in total. The predicted molar refractivity (Wildman–Crippen MR) is 89.1 cm³/mol. The smallest absolute Gasteiger partial charge is 0.319 e. The van der Waals surface area contributed by atoms with Gasteiger partial charge in [-0.1, -0.05) is 17.3 Å². The van der Waals surface area contributed by atoms with Gasteiger partial charge in [-0.3, -0.25) is 0 Å². The Labute approximate surface area is 140 Å². The van der Waals surface area contributed by atoms with Crippen LogP contribution in [0.5, 0.6) is 5.75 Å². The number of ether oxygens (including phenoxy) is 1. The van der Waals surface area contributed by atoms with E-state index in [1.807, 2.05) is 24.3 Å². The summed E-state index contributed by atoms with van der Waals surface area (Å²) in [5.41, 5.74) is 0.676. The molecule has 1 saturated carbocycles. The Kier molecular flexibility index (Phi) is 5.30. The minimum Gasteiger partial charge on any atom is -0.488 e. The van der Waals surface area contributed by atoms with Crippen molar-refractivity contribution in [2.24, 2.45) is 0 Å². The largest absolute Gasteiger partial charge is 0.488 e. The molecule has 1 aromatic heterocycles. The molecule has 0 radical (unpaired) electrons. The fourth-order valence-corrected chi connectivity index (χ4v) is 2.75. The summed E-state index contributed by atoms with van der Waals surface area (Å²) < 4.78 is 11.0. The van der Waals surface area contributed by atoms with Gasteiger partial charge < -0.3 is 19.9 Å². The minimum atomic E-state index is -0.284. The van der Waals surface area contributed by atoms with Gasteiger partial charge in [0.1, 0.15) is 5.75 Å². The summed E-state index contributed by atoms with van der Waals surface area (Å²) in [6.07, 6.45) is 5.30. The SMILES string of the molecule is Cc1noc(CCNC(=O)Nc2ccccc2OC2CCCC2)n1. The number of aromatic nitrogens is 2. The zero-order valence-electron chi connectivity index (χ0n) is 13.7. The Bertz CT molecular complexity index is 680. The van der Waals surface area contributed by atoms with Gasteiger partial charge in [0.05, 0.1) is 11.8 Å². The molecule has 1 aliphatic carbocycles. The van der Waals surface area contributed by atoms with Crippen LogP contribution in [0.25, 0.3) is 0 Å². The summed E-state index contributed by atoms with van der Waals surface area (Å²) in [6, 6.07) is 7.22. The van der Waals surface area contributed by atoms with E-state index >= 15 is 0 Å². The number of nitrogens with one attached hydrogen (secondary N) is 2. The molecule has 7 heteroatoms. The third-order valence-electron chi connectivity index (χ3n) is 3.93. The molecule has 1 aliphatic rings. The topological polar surface area (TPSA) is 89.3 Å². The summed E-state index contributed by atoms with van der Waals surface area (Å²) in [5.74, 6) is 1.82. The van der Waals surface area contributed by atoms with Crippen LogP contribution in [0.2, 0.25) is 0 Å². The summed E-state index contributed by atoms with van der Waals surface area (Å²) in [7, 11) is 0. The molecule has 1 fully saturated rings. The molecule has 3 rings (SSSR count). The number of hydrogen-bond donors (Lipinski definition) is 2. The number of benzene rings is 1. The number of rotatable bonds is 6. The van der Waals surface area contributed by atoms with E-state index in [1.54, 1.807) is 6.92 Å². The van der Waals surface area contributed by atoms with Gasteiger partial charge in [0.15, 0.2) is 5.82 Å². The number of urea groups is 1. The maximum atomic E-state index is 12.1. The standard InChI is InChI=1S/C17H22N4O3/c1-12-19-16(24-21-12)10-11-18-17(22)20-14-8-4-5-9-15(14)23-13-6-2-3-7-13/h4-5,8-9,13H,2-3,6-7,10-11H2,1H3,(H2,18,20,22). The minimum absolute atomic E-state index is 0.247. The first kappa shape index (κ1) is 16.3. The maximum absolute atomic E-state index is 12.1. The van der Waals surface area contributed by atoms with Crippen molar-refractivity contribution in [2.75, 3.05) is 11.9 Å². The number of carbonyl (C=O) groups is 1. The summed E-state index contributed by atoms with van der Waals surface area (Å²) in [6.45, 7) is 2.17. The Morgan fingerprint density at radius 2 is 2.12 bits per heavy atom. The Hall–Kier alpha value is -2.57. The molecule has 0 saturated heterocycles. The van der Waals surface area contributed by atoms with E-state index in [2.05, 4.69) is 20.8 Å². The maximum Gasteiger partial charge on any atom is 0.319 e. The number of carbonyl (C=O) groups excluding carboxylic acids is 1. The molecule has 7 nitrogen and oxygen atoms in total. The van der Waals surface area contributed by atoms with Crippen LogP contribution >= 0.6 is 0 Å². The van der Waals surface area contributed by atoms with E-state index in [0.29, 0.717) is 36.1 Å². The fraction of sp³-hybridized carbons (Fsp3) is 0.471. The van der Waals surface area contributed by atoms with Crippen molar-refractivity contribution in [2.45, 2.75) is 45.1 Å². The quantitative estimate of drug-likeness (QED) is 0.849. The first-order chi connectivity index (χ1) is 11.7. The molecule has 0 bridgehead atoms. The summed E-state index contributed by atoms with van der Waals surface area (Å²) in [4.78, 5) is 16.1. The van der Waals surface area contributed by atoms with Crippen molar-refractivity contribution in [3.8, 4) is 5.75 Å². The van der Waals surface area contributed by atoms with Gasteiger partial charge >= 0.3 is 6.03 Å². The van der Waals surface area contributed by atoms with Crippen LogP contribution in [0, 0.1) is 6.92 Å². The van der Waals surface area contributed by atoms with Gasteiger partial charge in [-0.05, 0) is 44.7 Å². The molecular weight excluding hydrogens is 308 g/mol. The van der Waals surface area contributed by atoms with Gasteiger partial charge in [0, 0.05) is 13.0 Å². The Morgan fingerprint density at radius 1 is 1.33 bits per heavy atom. The molecule has 2 amide bonds. The van der Waals surface area contributed by atoms with Crippen molar-refractivity contribution in [1.82, 2.24) is 15.5 Å². The van der Waals surface area contributed by atoms with Gasteiger partial charge in [0.25, 0.3) is 0 Å². The molecule has 1 aromatic carbocycles. The highest BCUT2D eigenvalue weighted by molar-refractivity contribution is 5.90. The number of anilines is 1.